The maximum atomic E-state index is 13.5. The molecule has 1 N–H and O–H groups in total. The Hall–Kier alpha value is -4.17. The van der Waals surface area contributed by atoms with Crippen LogP contribution in [0, 0.1) is 5.92 Å². The van der Waals surface area contributed by atoms with E-state index in [0.717, 1.165) is 26.7 Å². The van der Waals surface area contributed by atoms with Gasteiger partial charge in [0.25, 0.3) is 11.8 Å². The van der Waals surface area contributed by atoms with Crippen molar-refractivity contribution in [2.24, 2.45) is 5.92 Å². The van der Waals surface area contributed by atoms with Crippen LogP contribution in [-0.2, 0) is 4.79 Å². The number of aromatic nitrogens is 2. The zero-order chi connectivity index (χ0) is 25.2. The monoisotopic (exact) mass is 496 g/mol. The Morgan fingerprint density at radius 1 is 0.972 bits per heavy atom. The number of pyridine rings is 1. The fraction of sp³-hybridized carbons (Fsp3) is 0.179. The maximum absolute atomic E-state index is 13.5. The van der Waals surface area contributed by atoms with Crippen LogP contribution in [0.3, 0.4) is 0 Å². The number of anilines is 1. The number of fused-ring (bicyclic) bond motifs is 1. The molecule has 36 heavy (non-hydrogen) atoms. The molecule has 7 nitrogen and oxygen atoms in total. The van der Waals surface area contributed by atoms with Gasteiger partial charge in [-0.2, -0.15) is 0 Å². The van der Waals surface area contributed by atoms with Gasteiger partial charge in [-0.05, 0) is 42.3 Å². The first-order valence-electron chi connectivity index (χ1n) is 11.7. The van der Waals surface area contributed by atoms with Gasteiger partial charge in [-0.25, -0.2) is 4.98 Å². The highest BCUT2D eigenvalue weighted by Gasteiger charge is 2.44. The van der Waals surface area contributed by atoms with Crippen molar-refractivity contribution in [3.63, 3.8) is 0 Å². The molecule has 3 amide bonds. The Labute approximate surface area is 212 Å². The third kappa shape index (κ3) is 4.31. The lowest BCUT2D eigenvalue weighted by Crippen LogP contribution is -2.50. The predicted octanol–water partition coefficient (Wildman–Crippen LogP) is 5.52. The molecule has 0 radical (unpaired) electrons. The summed E-state index contributed by atoms with van der Waals surface area (Å²) in [7, 11) is 0. The van der Waals surface area contributed by atoms with Crippen LogP contribution in [-0.4, -0.2) is 38.6 Å². The number of benzene rings is 2. The minimum atomic E-state index is -0.927. The third-order valence-electron chi connectivity index (χ3n) is 6.41. The highest BCUT2D eigenvalue weighted by molar-refractivity contribution is 7.13. The summed E-state index contributed by atoms with van der Waals surface area (Å²) >= 11 is 1.53. The van der Waals surface area contributed by atoms with Crippen molar-refractivity contribution in [3.05, 3.63) is 89.6 Å². The first-order chi connectivity index (χ1) is 17.5. The first kappa shape index (κ1) is 23.6. The van der Waals surface area contributed by atoms with Gasteiger partial charge in [0.05, 0.1) is 16.8 Å². The van der Waals surface area contributed by atoms with E-state index in [-0.39, 0.29) is 5.92 Å². The van der Waals surface area contributed by atoms with Crippen molar-refractivity contribution in [3.8, 4) is 21.8 Å². The summed E-state index contributed by atoms with van der Waals surface area (Å²) in [4.78, 5) is 49.6. The predicted molar refractivity (Wildman–Crippen MR) is 140 cm³/mol. The van der Waals surface area contributed by atoms with Gasteiger partial charge in [0.2, 0.25) is 5.91 Å². The van der Waals surface area contributed by atoms with E-state index in [9.17, 15) is 14.4 Å². The number of nitrogens with one attached hydrogen (secondary N) is 1. The highest BCUT2D eigenvalue weighted by atomic mass is 32.1. The van der Waals surface area contributed by atoms with Crippen LogP contribution in [0.15, 0.2) is 78.4 Å². The molecule has 0 bridgehead atoms. The molecule has 5 rings (SSSR count). The maximum Gasteiger partial charge on any atom is 0.262 e. The molecule has 2 aromatic heterocycles. The number of thiazole rings is 1. The van der Waals surface area contributed by atoms with Crippen molar-refractivity contribution < 1.29 is 14.4 Å². The molecular weight excluding hydrogens is 472 g/mol. The van der Waals surface area contributed by atoms with Crippen molar-refractivity contribution in [2.45, 2.75) is 26.3 Å². The van der Waals surface area contributed by atoms with Gasteiger partial charge in [0, 0.05) is 34.6 Å². The van der Waals surface area contributed by atoms with Gasteiger partial charge in [0.15, 0.2) is 0 Å². The van der Waals surface area contributed by atoms with E-state index in [1.807, 2.05) is 49.6 Å². The largest absolute Gasteiger partial charge is 0.324 e. The Balaban J connectivity index is 1.40. The Morgan fingerprint density at radius 2 is 1.67 bits per heavy atom. The fourth-order valence-electron chi connectivity index (χ4n) is 4.32. The molecule has 2 atom stereocenters. The number of amides is 3. The number of carbonyl (C=O) groups excluding carboxylic acids is 3. The lowest BCUT2D eigenvalue weighted by atomic mass is 9.96. The van der Waals surface area contributed by atoms with Crippen LogP contribution in [0.1, 0.15) is 41.0 Å². The Kier molecular flexibility index (Phi) is 6.43. The third-order valence-corrected chi connectivity index (χ3v) is 7.30. The summed E-state index contributed by atoms with van der Waals surface area (Å²) in [6, 6.07) is 17.0. The van der Waals surface area contributed by atoms with Crippen LogP contribution in [0.2, 0.25) is 0 Å². The molecule has 2 aromatic carbocycles. The summed E-state index contributed by atoms with van der Waals surface area (Å²) in [5.74, 6) is -1.49. The number of rotatable bonds is 7. The van der Waals surface area contributed by atoms with Crippen molar-refractivity contribution >= 4 is 34.7 Å². The molecule has 0 fully saturated rings. The fourth-order valence-corrected chi connectivity index (χ4v) is 5.16. The minimum Gasteiger partial charge on any atom is -0.324 e. The second-order valence-electron chi connectivity index (χ2n) is 8.70. The SMILES string of the molecule is CCC(C)C(C(=O)Nc1cccc(-c2csc(-c3ccncc3)n2)c1)N1C(=O)c2ccccc2C1=O. The number of hydrogen-bond donors (Lipinski definition) is 1. The lowest BCUT2D eigenvalue weighted by molar-refractivity contribution is -0.121. The Bertz CT molecular complexity index is 1410. The van der Waals surface area contributed by atoms with E-state index in [0.29, 0.717) is 23.2 Å². The number of hydrogen-bond acceptors (Lipinski definition) is 6. The summed E-state index contributed by atoms with van der Waals surface area (Å²) < 4.78 is 0. The highest BCUT2D eigenvalue weighted by Crippen LogP contribution is 2.31. The van der Waals surface area contributed by atoms with Gasteiger partial charge in [-0.15, -0.1) is 11.3 Å². The van der Waals surface area contributed by atoms with Crippen LogP contribution in [0.4, 0.5) is 5.69 Å². The first-order valence-corrected chi connectivity index (χ1v) is 12.6. The molecule has 8 heteroatoms. The molecule has 4 aromatic rings. The zero-order valence-corrected chi connectivity index (χ0v) is 20.7. The second-order valence-corrected chi connectivity index (χ2v) is 9.56. The number of carbonyl (C=O) groups is 3. The van der Waals surface area contributed by atoms with E-state index in [4.69, 9.17) is 4.98 Å². The average Bonchev–Trinajstić information content (AvgIpc) is 3.50. The van der Waals surface area contributed by atoms with Gasteiger partial charge in [-0.1, -0.05) is 44.5 Å². The standard InChI is InChI=1S/C28H24N4O3S/c1-3-17(2)24(32-27(34)21-9-4-5-10-22(21)28(32)35)25(33)30-20-8-6-7-19(15-20)23-16-36-26(31-23)18-11-13-29-14-12-18/h4-17,24H,3H2,1-2H3,(H,30,33). The number of nitrogens with zero attached hydrogens (tertiary/aromatic N) is 3. The normalized spacial score (nSPS) is 14.4. The quantitative estimate of drug-likeness (QED) is 0.340. The van der Waals surface area contributed by atoms with E-state index < -0.39 is 23.8 Å². The minimum absolute atomic E-state index is 0.225. The molecule has 1 aliphatic heterocycles. The summed E-state index contributed by atoms with van der Waals surface area (Å²) in [5.41, 5.74) is 3.87. The lowest BCUT2D eigenvalue weighted by Gasteiger charge is -2.29. The summed E-state index contributed by atoms with van der Waals surface area (Å²) in [6.45, 7) is 3.81. The topological polar surface area (TPSA) is 92.3 Å². The molecule has 180 valence electrons. The molecule has 3 heterocycles. The number of imide groups is 1. The van der Waals surface area contributed by atoms with E-state index in [1.54, 1.807) is 42.7 Å². The molecule has 2 unspecified atom stereocenters. The van der Waals surface area contributed by atoms with Crippen LogP contribution in [0.5, 0.6) is 0 Å². The molecule has 0 aliphatic carbocycles. The molecule has 0 spiro atoms. The van der Waals surface area contributed by atoms with Gasteiger partial charge in [-0.3, -0.25) is 24.3 Å². The van der Waals surface area contributed by atoms with Gasteiger partial charge >= 0.3 is 0 Å². The summed E-state index contributed by atoms with van der Waals surface area (Å²) in [6.07, 6.45) is 4.09. The van der Waals surface area contributed by atoms with E-state index in [1.165, 1.54) is 11.3 Å². The molecule has 0 saturated heterocycles. The van der Waals surface area contributed by atoms with Crippen molar-refractivity contribution in [1.29, 1.82) is 0 Å². The second kappa shape index (κ2) is 9.83. The van der Waals surface area contributed by atoms with Crippen molar-refractivity contribution in [2.75, 3.05) is 5.32 Å². The average molecular weight is 497 g/mol. The molecule has 0 saturated carbocycles. The smallest absolute Gasteiger partial charge is 0.262 e. The van der Waals surface area contributed by atoms with E-state index >= 15 is 0 Å². The summed E-state index contributed by atoms with van der Waals surface area (Å²) in [5, 5.41) is 5.78. The van der Waals surface area contributed by atoms with Crippen molar-refractivity contribution in [1.82, 2.24) is 14.9 Å². The van der Waals surface area contributed by atoms with Crippen LogP contribution < -0.4 is 5.32 Å². The van der Waals surface area contributed by atoms with E-state index in [2.05, 4.69) is 10.3 Å². The van der Waals surface area contributed by atoms with Gasteiger partial charge in [0.1, 0.15) is 11.0 Å². The zero-order valence-electron chi connectivity index (χ0n) is 19.8. The Morgan fingerprint density at radius 3 is 2.33 bits per heavy atom. The van der Waals surface area contributed by atoms with Gasteiger partial charge < -0.3 is 5.32 Å². The molecular formula is C28H24N4O3S. The van der Waals surface area contributed by atoms with Crippen LogP contribution in [0.25, 0.3) is 21.8 Å². The molecule has 1 aliphatic rings. The van der Waals surface area contributed by atoms with Crippen LogP contribution >= 0.6 is 11.3 Å².